The van der Waals surface area contributed by atoms with Gasteiger partial charge in [0.2, 0.25) is 0 Å². The van der Waals surface area contributed by atoms with Gasteiger partial charge in [0.25, 0.3) is 6.02 Å². The highest BCUT2D eigenvalue weighted by Gasteiger charge is 2.55. The van der Waals surface area contributed by atoms with Gasteiger partial charge >= 0.3 is 0 Å². The van der Waals surface area contributed by atoms with Crippen LogP contribution < -0.4 is 10.5 Å². The Morgan fingerprint density at radius 3 is 3.00 bits per heavy atom. The normalized spacial score (nSPS) is 37.2. The summed E-state index contributed by atoms with van der Waals surface area (Å²) in [5.41, 5.74) is 6.26. The van der Waals surface area contributed by atoms with Crippen molar-refractivity contribution in [3.05, 3.63) is 28.2 Å². The molecule has 112 valence electrons. The van der Waals surface area contributed by atoms with Crippen LogP contribution in [-0.2, 0) is 10.3 Å². The molecule has 3 aliphatic rings. The molecule has 4 rings (SSSR count). The summed E-state index contributed by atoms with van der Waals surface area (Å²) < 4.78 is 12.6. The van der Waals surface area contributed by atoms with Crippen LogP contribution in [0.15, 0.2) is 27.7 Å². The van der Waals surface area contributed by atoms with Crippen LogP contribution in [0.1, 0.15) is 24.8 Å². The Morgan fingerprint density at radius 1 is 1.38 bits per heavy atom. The first-order valence-electron chi connectivity index (χ1n) is 7.21. The minimum absolute atomic E-state index is 0.0559. The molecule has 1 spiro atoms. The van der Waals surface area contributed by atoms with Crippen molar-refractivity contribution < 1.29 is 14.6 Å². The van der Waals surface area contributed by atoms with E-state index in [1.165, 1.54) is 0 Å². The average molecular weight is 353 g/mol. The Labute approximate surface area is 131 Å². The first kappa shape index (κ1) is 13.4. The Hall–Kier alpha value is -1.27. The molecule has 21 heavy (non-hydrogen) atoms. The molecule has 1 fully saturated rings. The lowest BCUT2D eigenvalue weighted by atomic mass is 9.68. The van der Waals surface area contributed by atoms with Gasteiger partial charge in [0.15, 0.2) is 0 Å². The summed E-state index contributed by atoms with van der Waals surface area (Å²) in [6.45, 7) is 0.416. The second-order valence-electron chi connectivity index (χ2n) is 6.03. The molecular weight excluding hydrogens is 336 g/mol. The van der Waals surface area contributed by atoms with Gasteiger partial charge in [-0.2, -0.15) is 0 Å². The van der Waals surface area contributed by atoms with Gasteiger partial charge in [0, 0.05) is 16.0 Å². The summed E-state index contributed by atoms with van der Waals surface area (Å²) in [5.74, 6) is 0.932. The molecular formula is C15H17BrN2O3. The van der Waals surface area contributed by atoms with Crippen molar-refractivity contribution in [2.24, 2.45) is 16.6 Å². The van der Waals surface area contributed by atoms with Crippen LogP contribution in [0, 0.1) is 5.92 Å². The third kappa shape index (κ3) is 1.96. The van der Waals surface area contributed by atoms with Crippen LogP contribution in [0.25, 0.3) is 0 Å². The van der Waals surface area contributed by atoms with Gasteiger partial charge < -0.3 is 20.3 Å². The second-order valence-corrected chi connectivity index (χ2v) is 6.95. The largest absolute Gasteiger partial charge is 0.490 e. The highest BCUT2D eigenvalue weighted by molar-refractivity contribution is 9.10. The lowest BCUT2D eigenvalue weighted by molar-refractivity contribution is -0.0360. The van der Waals surface area contributed by atoms with E-state index in [1.807, 2.05) is 18.2 Å². The van der Waals surface area contributed by atoms with E-state index in [0.717, 1.165) is 28.6 Å². The quantitative estimate of drug-likeness (QED) is 0.747. The number of hydrogen-bond acceptors (Lipinski definition) is 5. The van der Waals surface area contributed by atoms with Crippen LogP contribution in [-0.4, -0.2) is 29.9 Å². The van der Waals surface area contributed by atoms with Crippen LogP contribution in [0.5, 0.6) is 5.75 Å². The van der Waals surface area contributed by atoms with Crippen molar-refractivity contribution in [1.82, 2.24) is 0 Å². The zero-order valence-corrected chi connectivity index (χ0v) is 13.0. The smallest absolute Gasteiger partial charge is 0.283 e. The van der Waals surface area contributed by atoms with Gasteiger partial charge in [-0.3, -0.25) is 0 Å². The summed E-state index contributed by atoms with van der Waals surface area (Å²) in [6, 6.07) is 6.18. The van der Waals surface area contributed by atoms with Crippen molar-refractivity contribution in [1.29, 1.82) is 0 Å². The molecule has 0 aromatic heterocycles. The molecule has 1 saturated carbocycles. The summed E-state index contributed by atoms with van der Waals surface area (Å²) in [6.07, 6.45) is 2.01. The molecule has 2 heterocycles. The molecule has 0 amide bonds. The van der Waals surface area contributed by atoms with Gasteiger partial charge in [0.05, 0.1) is 6.10 Å². The SMILES string of the molecule is NC1=NC2(CO1)c1cc(Br)ccc1OC1CCC(O)CC12. The Balaban J connectivity index is 1.89. The molecule has 1 aromatic rings. The van der Waals surface area contributed by atoms with E-state index in [1.54, 1.807) is 0 Å². The fourth-order valence-corrected chi connectivity index (χ4v) is 4.20. The molecule has 0 bridgehead atoms. The molecule has 1 aliphatic carbocycles. The minimum atomic E-state index is -0.534. The summed E-state index contributed by atoms with van der Waals surface area (Å²) in [4.78, 5) is 4.64. The van der Waals surface area contributed by atoms with E-state index in [2.05, 4.69) is 20.9 Å². The maximum Gasteiger partial charge on any atom is 0.283 e. The molecule has 1 aromatic carbocycles. The fourth-order valence-electron chi connectivity index (χ4n) is 3.84. The lowest BCUT2D eigenvalue weighted by Crippen LogP contribution is -2.51. The number of aliphatic hydroxyl groups excluding tert-OH is 1. The molecule has 3 N–H and O–H groups in total. The number of hydrogen-bond donors (Lipinski definition) is 2. The van der Waals surface area contributed by atoms with E-state index < -0.39 is 5.54 Å². The Kier molecular flexibility index (Phi) is 2.94. The van der Waals surface area contributed by atoms with Crippen LogP contribution in [0.2, 0.25) is 0 Å². The second kappa shape index (κ2) is 4.61. The van der Waals surface area contributed by atoms with Crippen molar-refractivity contribution >= 4 is 22.0 Å². The van der Waals surface area contributed by atoms with Crippen LogP contribution in [0.3, 0.4) is 0 Å². The number of nitrogens with two attached hydrogens (primary N) is 1. The summed E-state index contributed by atoms with van der Waals surface area (Å²) in [5, 5.41) is 10.1. The van der Waals surface area contributed by atoms with E-state index in [4.69, 9.17) is 15.2 Å². The topological polar surface area (TPSA) is 77.1 Å². The van der Waals surface area contributed by atoms with Crippen molar-refractivity contribution in [2.75, 3.05) is 6.61 Å². The first-order valence-corrected chi connectivity index (χ1v) is 8.01. The predicted octanol–water partition coefficient (Wildman–Crippen LogP) is 1.91. The van der Waals surface area contributed by atoms with E-state index in [9.17, 15) is 5.11 Å². The number of rotatable bonds is 0. The molecule has 6 heteroatoms. The molecule has 5 nitrogen and oxygen atoms in total. The minimum Gasteiger partial charge on any atom is -0.490 e. The number of halogens is 1. The summed E-state index contributed by atoms with van der Waals surface area (Å²) in [7, 11) is 0. The number of benzene rings is 1. The summed E-state index contributed by atoms with van der Waals surface area (Å²) >= 11 is 3.51. The average Bonchev–Trinajstić information content (AvgIpc) is 2.84. The maximum absolute atomic E-state index is 10.1. The zero-order valence-electron chi connectivity index (χ0n) is 11.5. The van der Waals surface area contributed by atoms with Gasteiger partial charge in [-0.05, 0) is 37.5 Å². The Morgan fingerprint density at radius 2 is 2.24 bits per heavy atom. The van der Waals surface area contributed by atoms with Gasteiger partial charge in [-0.25, -0.2) is 4.99 Å². The van der Waals surface area contributed by atoms with E-state index in [0.29, 0.717) is 13.0 Å². The lowest BCUT2D eigenvalue weighted by Gasteiger charge is -2.47. The third-order valence-corrected chi connectivity index (χ3v) is 5.30. The standard InChI is InChI=1S/C15H17BrN2O3/c16-8-1-3-12-10(5-8)15(7-20-14(17)18-15)11-6-9(19)2-4-13(11)21-12/h1,3,5,9,11,13,19H,2,4,6-7H2,(H2,17,18). The predicted molar refractivity (Wildman–Crippen MR) is 81.2 cm³/mol. The van der Waals surface area contributed by atoms with Gasteiger partial charge in [-0.1, -0.05) is 15.9 Å². The number of amidine groups is 1. The zero-order chi connectivity index (χ0) is 14.6. The maximum atomic E-state index is 10.1. The first-order chi connectivity index (χ1) is 10.1. The van der Waals surface area contributed by atoms with Gasteiger partial charge in [-0.15, -0.1) is 0 Å². The molecule has 2 aliphatic heterocycles. The number of fused-ring (bicyclic) bond motifs is 4. The van der Waals surface area contributed by atoms with Crippen molar-refractivity contribution in [3.8, 4) is 5.75 Å². The van der Waals surface area contributed by atoms with Crippen LogP contribution in [0.4, 0.5) is 0 Å². The molecule has 0 saturated heterocycles. The van der Waals surface area contributed by atoms with E-state index in [-0.39, 0.29) is 24.1 Å². The number of aliphatic imine (C=N–C) groups is 1. The molecule has 0 radical (unpaired) electrons. The van der Waals surface area contributed by atoms with Crippen molar-refractivity contribution in [2.45, 2.75) is 37.0 Å². The molecule has 4 atom stereocenters. The monoisotopic (exact) mass is 352 g/mol. The van der Waals surface area contributed by atoms with Gasteiger partial charge in [0.1, 0.15) is 24.0 Å². The highest BCUT2D eigenvalue weighted by Crippen LogP contribution is 2.52. The highest BCUT2D eigenvalue weighted by atomic mass is 79.9. The number of nitrogens with zero attached hydrogens (tertiary/aromatic N) is 1. The fraction of sp³-hybridized carbons (Fsp3) is 0.533. The number of aliphatic hydroxyl groups is 1. The third-order valence-electron chi connectivity index (χ3n) is 4.81. The Bertz CT molecular complexity index is 621. The molecule has 4 unspecified atom stereocenters. The van der Waals surface area contributed by atoms with E-state index >= 15 is 0 Å². The van der Waals surface area contributed by atoms with Crippen LogP contribution >= 0.6 is 15.9 Å². The van der Waals surface area contributed by atoms with Crippen molar-refractivity contribution in [3.63, 3.8) is 0 Å². The number of ether oxygens (including phenoxy) is 2.